The Labute approximate surface area is 144 Å². The third-order valence-corrected chi connectivity index (χ3v) is 5.16. The molecule has 3 rings (SSSR count). The van der Waals surface area contributed by atoms with Gasteiger partial charge in [-0.1, -0.05) is 30.3 Å². The second kappa shape index (κ2) is 9.04. The molecule has 1 unspecified atom stereocenters. The van der Waals surface area contributed by atoms with Crippen LogP contribution in [0, 0.1) is 5.92 Å². The van der Waals surface area contributed by atoms with Crippen LogP contribution in [0.5, 0.6) is 0 Å². The summed E-state index contributed by atoms with van der Waals surface area (Å²) in [6.45, 7) is 5.54. The highest BCUT2D eigenvalue weighted by Crippen LogP contribution is 2.21. The van der Waals surface area contributed by atoms with Gasteiger partial charge in [0.05, 0.1) is 6.61 Å². The number of amides is 2. The molecule has 0 aromatic heterocycles. The third-order valence-electron chi connectivity index (χ3n) is 5.16. The molecule has 1 atom stereocenters. The highest BCUT2D eigenvalue weighted by molar-refractivity contribution is 5.73. The van der Waals surface area contributed by atoms with Crippen LogP contribution in [0.3, 0.4) is 0 Å². The fraction of sp³-hybridized carbons (Fsp3) is 0.632. The molecule has 1 aromatic rings. The van der Waals surface area contributed by atoms with Crippen molar-refractivity contribution in [1.82, 2.24) is 15.5 Å². The molecule has 2 aliphatic rings. The first-order valence-electron chi connectivity index (χ1n) is 9.18. The molecule has 2 aliphatic heterocycles. The number of rotatable bonds is 6. The summed E-state index contributed by atoms with van der Waals surface area (Å²) in [7, 11) is 0. The number of nitrogens with zero attached hydrogens (tertiary/aromatic N) is 1. The Hall–Kier alpha value is -1.59. The minimum Gasteiger partial charge on any atom is -0.380 e. The van der Waals surface area contributed by atoms with Gasteiger partial charge in [0.15, 0.2) is 0 Å². The van der Waals surface area contributed by atoms with E-state index in [2.05, 4.69) is 27.7 Å². The molecule has 0 aliphatic carbocycles. The predicted molar refractivity (Wildman–Crippen MR) is 95.1 cm³/mol. The summed E-state index contributed by atoms with van der Waals surface area (Å²) in [5, 5.41) is 5.98. The molecule has 5 heteroatoms. The third kappa shape index (κ3) is 5.21. The first-order valence-corrected chi connectivity index (χ1v) is 9.18. The second-order valence-electron chi connectivity index (χ2n) is 6.87. The molecule has 2 fully saturated rings. The SMILES string of the molecule is O=C(NCCc1ccccc1)NCC1CCN(C2CCOC2)CC1. The van der Waals surface area contributed by atoms with Crippen LogP contribution in [0.2, 0.25) is 0 Å². The number of hydrogen-bond donors (Lipinski definition) is 2. The Bertz CT molecular complexity index is 495. The molecular formula is C19H29N3O2. The lowest BCUT2D eigenvalue weighted by atomic mass is 9.95. The molecule has 2 saturated heterocycles. The van der Waals surface area contributed by atoms with E-state index in [1.165, 1.54) is 24.8 Å². The molecule has 2 heterocycles. The van der Waals surface area contributed by atoms with Gasteiger partial charge >= 0.3 is 6.03 Å². The summed E-state index contributed by atoms with van der Waals surface area (Å²) < 4.78 is 5.48. The van der Waals surface area contributed by atoms with E-state index in [0.29, 0.717) is 18.5 Å². The van der Waals surface area contributed by atoms with E-state index in [9.17, 15) is 4.79 Å². The van der Waals surface area contributed by atoms with Crippen molar-refractivity contribution in [3.05, 3.63) is 35.9 Å². The van der Waals surface area contributed by atoms with Crippen molar-refractivity contribution < 1.29 is 9.53 Å². The van der Waals surface area contributed by atoms with E-state index in [4.69, 9.17) is 4.74 Å². The molecule has 1 aromatic carbocycles. The lowest BCUT2D eigenvalue weighted by Crippen LogP contribution is -2.45. The number of benzene rings is 1. The van der Waals surface area contributed by atoms with Crippen molar-refractivity contribution in [3.8, 4) is 0 Å². The van der Waals surface area contributed by atoms with E-state index in [0.717, 1.165) is 39.3 Å². The maximum absolute atomic E-state index is 11.9. The summed E-state index contributed by atoms with van der Waals surface area (Å²) in [4.78, 5) is 14.5. The predicted octanol–water partition coefficient (Wildman–Crippen LogP) is 2.03. The average Bonchev–Trinajstić information content (AvgIpc) is 3.16. The van der Waals surface area contributed by atoms with E-state index in [-0.39, 0.29) is 6.03 Å². The Kier molecular flexibility index (Phi) is 6.49. The monoisotopic (exact) mass is 331 g/mol. The topological polar surface area (TPSA) is 53.6 Å². The van der Waals surface area contributed by atoms with Gasteiger partial charge in [-0.15, -0.1) is 0 Å². The highest BCUT2D eigenvalue weighted by atomic mass is 16.5. The van der Waals surface area contributed by atoms with Crippen LogP contribution in [0.15, 0.2) is 30.3 Å². The molecule has 2 amide bonds. The van der Waals surface area contributed by atoms with Gasteiger partial charge < -0.3 is 15.4 Å². The number of likely N-dealkylation sites (tertiary alicyclic amines) is 1. The van der Waals surface area contributed by atoms with Crippen LogP contribution < -0.4 is 10.6 Å². The van der Waals surface area contributed by atoms with Crippen LogP contribution in [-0.2, 0) is 11.2 Å². The van der Waals surface area contributed by atoms with E-state index < -0.39 is 0 Å². The maximum Gasteiger partial charge on any atom is 0.314 e. The summed E-state index contributed by atoms with van der Waals surface area (Å²) in [5.41, 5.74) is 1.25. The molecule has 132 valence electrons. The molecule has 2 N–H and O–H groups in total. The number of hydrogen-bond acceptors (Lipinski definition) is 3. The molecule has 0 bridgehead atoms. The average molecular weight is 331 g/mol. The number of piperidine rings is 1. The number of ether oxygens (including phenoxy) is 1. The fourth-order valence-electron chi connectivity index (χ4n) is 3.60. The van der Waals surface area contributed by atoms with Gasteiger partial charge in [-0.05, 0) is 50.3 Å². The van der Waals surface area contributed by atoms with Gasteiger partial charge in [0, 0.05) is 25.7 Å². The Morgan fingerprint density at radius 2 is 1.92 bits per heavy atom. The van der Waals surface area contributed by atoms with Crippen molar-refractivity contribution in [2.45, 2.75) is 31.7 Å². The second-order valence-corrected chi connectivity index (χ2v) is 6.87. The fourth-order valence-corrected chi connectivity index (χ4v) is 3.60. The van der Waals surface area contributed by atoms with Crippen LogP contribution in [0.25, 0.3) is 0 Å². The molecule has 24 heavy (non-hydrogen) atoms. The molecule has 0 radical (unpaired) electrons. The Balaban J connectivity index is 1.27. The number of urea groups is 1. The zero-order chi connectivity index (χ0) is 16.6. The van der Waals surface area contributed by atoms with E-state index in [1.807, 2.05) is 18.2 Å². The van der Waals surface area contributed by atoms with Crippen LogP contribution in [0.1, 0.15) is 24.8 Å². The minimum absolute atomic E-state index is 0.0439. The van der Waals surface area contributed by atoms with Gasteiger partial charge in [-0.25, -0.2) is 4.79 Å². The summed E-state index contributed by atoms with van der Waals surface area (Å²) in [6.07, 6.45) is 4.38. The number of carbonyl (C=O) groups excluding carboxylic acids is 1. The summed E-state index contributed by atoms with van der Waals surface area (Å²) >= 11 is 0. The van der Waals surface area contributed by atoms with Crippen LogP contribution in [0.4, 0.5) is 4.79 Å². The van der Waals surface area contributed by atoms with Crippen molar-refractivity contribution in [3.63, 3.8) is 0 Å². The van der Waals surface area contributed by atoms with Gasteiger partial charge in [0.2, 0.25) is 0 Å². The number of carbonyl (C=O) groups is 1. The zero-order valence-corrected chi connectivity index (χ0v) is 14.4. The lowest BCUT2D eigenvalue weighted by molar-refractivity contribution is 0.110. The quantitative estimate of drug-likeness (QED) is 0.839. The number of nitrogens with one attached hydrogen (secondary N) is 2. The van der Waals surface area contributed by atoms with E-state index >= 15 is 0 Å². The first-order chi connectivity index (χ1) is 11.8. The summed E-state index contributed by atoms with van der Waals surface area (Å²) in [5.74, 6) is 0.600. The van der Waals surface area contributed by atoms with Crippen molar-refractivity contribution in [2.24, 2.45) is 5.92 Å². The standard InChI is InChI=1S/C19H29N3O2/c23-19(20-10-6-16-4-2-1-3-5-16)21-14-17-7-11-22(12-8-17)18-9-13-24-15-18/h1-5,17-18H,6-15H2,(H2,20,21,23). The zero-order valence-electron chi connectivity index (χ0n) is 14.4. The molecule has 5 nitrogen and oxygen atoms in total. The molecule has 0 spiro atoms. The van der Waals surface area contributed by atoms with Crippen molar-refractivity contribution in [2.75, 3.05) is 39.4 Å². The van der Waals surface area contributed by atoms with Crippen molar-refractivity contribution >= 4 is 6.03 Å². The Morgan fingerprint density at radius 1 is 1.12 bits per heavy atom. The normalized spacial score (nSPS) is 22.4. The highest BCUT2D eigenvalue weighted by Gasteiger charge is 2.27. The maximum atomic E-state index is 11.9. The summed E-state index contributed by atoms with van der Waals surface area (Å²) in [6, 6.07) is 10.8. The molecular weight excluding hydrogens is 302 g/mol. The van der Waals surface area contributed by atoms with Gasteiger partial charge in [-0.2, -0.15) is 0 Å². The Morgan fingerprint density at radius 3 is 2.62 bits per heavy atom. The van der Waals surface area contributed by atoms with Crippen LogP contribution >= 0.6 is 0 Å². The first kappa shape index (κ1) is 17.2. The smallest absolute Gasteiger partial charge is 0.314 e. The minimum atomic E-state index is -0.0439. The van der Waals surface area contributed by atoms with Gasteiger partial charge in [0.25, 0.3) is 0 Å². The van der Waals surface area contributed by atoms with E-state index in [1.54, 1.807) is 0 Å². The lowest BCUT2D eigenvalue weighted by Gasteiger charge is -2.35. The van der Waals surface area contributed by atoms with Gasteiger partial charge in [-0.3, -0.25) is 4.90 Å². The van der Waals surface area contributed by atoms with Crippen molar-refractivity contribution in [1.29, 1.82) is 0 Å². The van der Waals surface area contributed by atoms with Gasteiger partial charge in [0.1, 0.15) is 0 Å². The molecule has 0 saturated carbocycles. The largest absolute Gasteiger partial charge is 0.380 e. The van der Waals surface area contributed by atoms with Crippen LogP contribution in [-0.4, -0.2) is 56.4 Å².